The van der Waals surface area contributed by atoms with E-state index in [0.29, 0.717) is 19.8 Å². The van der Waals surface area contributed by atoms with Gasteiger partial charge in [0.1, 0.15) is 18.1 Å². The number of hydrogen-bond donors (Lipinski definition) is 0. The number of carbonyl (C=O) groups is 1. The summed E-state index contributed by atoms with van der Waals surface area (Å²) in [5.41, 5.74) is 0. The normalized spacial score (nSPS) is 21.4. The minimum atomic E-state index is -0.215. The van der Waals surface area contributed by atoms with Crippen LogP contribution in [0.5, 0.6) is 0 Å². The molecule has 15 heavy (non-hydrogen) atoms. The van der Waals surface area contributed by atoms with Crippen molar-refractivity contribution in [3.63, 3.8) is 0 Å². The third kappa shape index (κ3) is 2.35. The van der Waals surface area contributed by atoms with Crippen molar-refractivity contribution in [3.8, 4) is 0 Å². The molecular formula is C10H11BrN2O2. The SMILES string of the molecule is O=CC1COCCN1c1ccc(Br)cn1. The fraction of sp³-hybridized carbons (Fsp3) is 0.400. The first kappa shape index (κ1) is 10.6. The van der Waals surface area contributed by atoms with E-state index >= 15 is 0 Å². The maximum atomic E-state index is 10.9. The summed E-state index contributed by atoms with van der Waals surface area (Å²) in [5, 5.41) is 0. The molecular weight excluding hydrogens is 260 g/mol. The van der Waals surface area contributed by atoms with E-state index in [1.54, 1.807) is 6.20 Å². The lowest BCUT2D eigenvalue weighted by atomic mass is 10.2. The van der Waals surface area contributed by atoms with Crippen LogP contribution in [-0.2, 0) is 9.53 Å². The van der Waals surface area contributed by atoms with E-state index in [1.165, 1.54) is 0 Å². The minimum Gasteiger partial charge on any atom is -0.377 e. The van der Waals surface area contributed by atoms with Gasteiger partial charge in [0.2, 0.25) is 0 Å². The average molecular weight is 271 g/mol. The first-order valence-corrected chi connectivity index (χ1v) is 5.52. The number of halogens is 1. The number of carbonyl (C=O) groups excluding carboxylic acids is 1. The molecule has 1 aromatic heterocycles. The number of nitrogens with zero attached hydrogens (tertiary/aromatic N) is 2. The predicted molar refractivity (Wildman–Crippen MR) is 60.0 cm³/mol. The van der Waals surface area contributed by atoms with Crippen molar-refractivity contribution >= 4 is 28.0 Å². The Kier molecular flexibility index (Phi) is 3.33. The van der Waals surface area contributed by atoms with Crippen molar-refractivity contribution in [2.45, 2.75) is 6.04 Å². The average Bonchev–Trinajstić information content (AvgIpc) is 2.30. The number of aromatic nitrogens is 1. The molecule has 1 saturated heterocycles. The van der Waals surface area contributed by atoms with Crippen LogP contribution in [0, 0.1) is 0 Å². The first-order valence-electron chi connectivity index (χ1n) is 4.72. The molecule has 0 aromatic carbocycles. The number of hydrogen-bond acceptors (Lipinski definition) is 4. The summed E-state index contributed by atoms with van der Waals surface area (Å²) in [6, 6.07) is 3.60. The Bertz CT molecular complexity index is 342. The van der Waals surface area contributed by atoms with Gasteiger partial charge in [-0.15, -0.1) is 0 Å². The van der Waals surface area contributed by atoms with Crippen LogP contribution in [0.2, 0.25) is 0 Å². The van der Waals surface area contributed by atoms with E-state index in [9.17, 15) is 4.79 Å². The van der Waals surface area contributed by atoms with Gasteiger partial charge in [0.15, 0.2) is 0 Å². The Morgan fingerprint density at radius 1 is 1.60 bits per heavy atom. The van der Waals surface area contributed by atoms with E-state index in [1.807, 2.05) is 17.0 Å². The topological polar surface area (TPSA) is 42.4 Å². The standard InChI is InChI=1S/C10H11BrN2O2/c11-8-1-2-10(12-5-8)13-3-4-15-7-9(13)6-14/h1-2,5-6,9H,3-4,7H2. The van der Waals surface area contributed by atoms with Gasteiger partial charge >= 0.3 is 0 Å². The van der Waals surface area contributed by atoms with Gasteiger partial charge in [-0.1, -0.05) is 0 Å². The summed E-state index contributed by atoms with van der Waals surface area (Å²) in [4.78, 5) is 17.1. The second kappa shape index (κ2) is 4.72. The Balaban J connectivity index is 2.20. The highest BCUT2D eigenvalue weighted by molar-refractivity contribution is 9.10. The zero-order valence-corrected chi connectivity index (χ0v) is 9.68. The highest BCUT2D eigenvalue weighted by Crippen LogP contribution is 2.18. The van der Waals surface area contributed by atoms with Gasteiger partial charge < -0.3 is 14.4 Å². The quantitative estimate of drug-likeness (QED) is 0.759. The molecule has 0 N–H and O–H groups in total. The number of aldehydes is 1. The lowest BCUT2D eigenvalue weighted by molar-refractivity contribution is -0.111. The van der Waals surface area contributed by atoms with Gasteiger partial charge in [-0.05, 0) is 28.1 Å². The molecule has 2 rings (SSSR count). The fourth-order valence-corrected chi connectivity index (χ4v) is 1.79. The molecule has 0 aliphatic carbocycles. The van der Waals surface area contributed by atoms with E-state index in [0.717, 1.165) is 16.6 Å². The zero-order valence-electron chi connectivity index (χ0n) is 8.10. The van der Waals surface area contributed by atoms with Gasteiger partial charge in [0.05, 0.1) is 13.2 Å². The van der Waals surface area contributed by atoms with Gasteiger partial charge in [-0.2, -0.15) is 0 Å². The van der Waals surface area contributed by atoms with Crippen molar-refractivity contribution < 1.29 is 9.53 Å². The van der Waals surface area contributed by atoms with Crippen LogP contribution in [0.25, 0.3) is 0 Å². The van der Waals surface area contributed by atoms with Gasteiger partial charge in [0.25, 0.3) is 0 Å². The summed E-state index contributed by atoms with van der Waals surface area (Å²) in [6.07, 6.45) is 2.63. The second-order valence-electron chi connectivity index (χ2n) is 3.31. The molecule has 1 aliphatic heterocycles. The van der Waals surface area contributed by atoms with Crippen LogP contribution in [0.15, 0.2) is 22.8 Å². The van der Waals surface area contributed by atoms with Crippen LogP contribution in [0.4, 0.5) is 5.82 Å². The van der Waals surface area contributed by atoms with Crippen LogP contribution in [-0.4, -0.2) is 37.1 Å². The van der Waals surface area contributed by atoms with Crippen LogP contribution in [0.1, 0.15) is 0 Å². The maximum absolute atomic E-state index is 10.9. The van der Waals surface area contributed by atoms with Crippen LogP contribution < -0.4 is 4.90 Å². The van der Waals surface area contributed by atoms with Gasteiger partial charge in [-0.3, -0.25) is 0 Å². The highest BCUT2D eigenvalue weighted by Gasteiger charge is 2.23. The van der Waals surface area contributed by atoms with E-state index in [-0.39, 0.29) is 6.04 Å². The van der Waals surface area contributed by atoms with Crippen molar-refractivity contribution in [1.29, 1.82) is 0 Å². The molecule has 1 fully saturated rings. The Labute approximate surface area is 96.4 Å². The molecule has 1 atom stereocenters. The lowest BCUT2D eigenvalue weighted by Gasteiger charge is -2.33. The Hall–Kier alpha value is -0.940. The minimum absolute atomic E-state index is 0.215. The molecule has 0 saturated carbocycles. The molecule has 0 amide bonds. The highest BCUT2D eigenvalue weighted by atomic mass is 79.9. The number of anilines is 1. The number of morpholine rings is 1. The van der Waals surface area contributed by atoms with Crippen molar-refractivity contribution in [2.75, 3.05) is 24.7 Å². The lowest BCUT2D eigenvalue weighted by Crippen LogP contribution is -2.46. The van der Waals surface area contributed by atoms with Crippen molar-refractivity contribution in [2.24, 2.45) is 0 Å². The third-order valence-electron chi connectivity index (χ3n) is 2.33. The summed E-state index contributed by atoms with van der Waals surface area (Å²) in [5.74, 6) is 0.818. The molecule has 1 aliphatic rings. The molecule has 0 bridgehead atoms. The molecule has 0 spiro atoms. The Morgan fingerprint density at radius 2 is 2.47 bits per heavy atom. The molecule has 4 nitrogen and oxygen atoms in total. The van der Waals surface area contributed by atoms with Gasteiger partial charge in [-0.25, -0.2) is 4.98 Å². The third-order valence-corrected chi connectivity index (χ3v) is 2.80. The number of rotatable bonds is 2. The molecule has 5 heteroatoms. The van der Waals surface area contributed by atoms with Gasteiger partial charge in [0, 0.05) is 17.2 Å². The molecule has 1 aromatic rings. The van der Waals surface area contributed by atoms with E-state index in [4.69, 9.17) is 4.74 Å². The zero-order chi connectivity index (χ0) is 10.7. The smallest absolute Gasteiger partial charge is 0.144 e. The number of pyridine rings is 1. The van der Waals surface area contributed by atoms with Crippen LogP contribution in [0.3, 0.4) is 0 Å². The fourth-order valence-electron chi connectivity index (χ4n) is 1.56. The Morgan fingerprint density at radius 3 is 3.13 bits per heavy atom. The summed E-state index contributed by atoms with van der Waals surface area (Å²) in [6.45, 7) is 1.79. The monoisotopic (exact) mass is 270 g/mol. The number of ether oxygens (including phenoxy) is 1. The van der Waals surface area contributed by atoms with Crippen molar-refractivity contribution in [1.82, 2.24) is 4.98 Å². The van der Waals surface area contributed by atoms with Crippen LogP contribution >= 0.6 is 15.9 Å². The molecule has 2 heterocycles. The van der Waals surface area contributed by atoms with E-state index < -0.39 is 0 Å². The maximum Gasteiger partial charge on any atom is 0.144 e. The molecule has 80 valence electrons. The molecule has 0 radical (unpaired) electrons. The largest absolute Gasteiger partial charge is 0.377 e. The molecule has 1 unspecified atom stereocenters. The first-order chi connectivity index (χ1) is 7.31. The summed E-state index contributed by atoms with van der Waals surface area (Å²) >= 11 is 3.33. The second-order valence-corrected chi connectivity index (χ2v) is 4.22. The summed E-state index contributed by atoms with van der Waals surface area (Å²) in [7, 11) is 0. The van der Waals surface area contributed by atoms with E-state index in [2.05, 4.69) is 20.9 Å². The predicted octanol–water partition coefficient (Wildman–Crippen LogP) is 1.25. The summed E-state index contributed by atoms with van der Waals surface area (Å²) < 4.78 is 6.17. The van der Waals surface area contributed by atoms with Crippen molar-refractivity contribution in [3.05, 3.63) is 22.8 Å².